The largest absolute Gasteiger partial charge is 0.493 e. The number of fused-ring (bicyclic) bond motifs is 1. The monoisotopic (exact) mass is 417 g/mol. The lowest BCUT2D eigenvalue weighted by molar-refractivity contribution is 0.127. The standard InChI is InChI=1S/C20H27N5O3S/c1-5-16-21-20-25(22-16)19(26)18(29-20)17(24-10-8-23(2)9-11-24)13-6-7-14(27-3)15(12-13)28-4/h6-7,12,17,26H,5,8-11H2,1-4H3/t17-/m0/s1. The average molecular weight is 418 g/mol. The van der Waals surface area contributed by atoms with Crippen LogP contribution in [0.5, 0.6) is 17.4 Å². The lowest BCUT2D eigenvalue weighted by Crippen LogP contribution is -2.46. The molecule has 1 aliphatic rings. The summed E-state index contributed by atoms with van der Waals surface area (Å²) < 4.78 is 12.5. The number of aryl methyl sites for hydroxylation is 1. The van der Waals surface area contributed by atoms with E-state index in [1.807, 2.05) is 25.1 Å². The van der Waals surface area contributed by atoms with Crippen LogP contribution >= 0.6 is 11.3 Å². The summed E-state index contributed by atoms with van der Waals surface area (Å²) in [5, 5.41) is 15.5. The summed E-state index contributed by atoms with van der Waals surface area (Å²) in [6, 6.07) is 5.84. The number of likely N-dealkylation sites (N-methyl/N-ethyl adjacent to an activating group) is 1. The number of rotatable bonds is 6. The van der Waals surface area contributed by atoms with Crippen molar-refractivity contribution in [3.05, 3.63) is 34.5 Å². The Morgan fingerprint density at radius 3 is 2.48 bits per heavy atom. The molecule has 1 aromatic carbocycles. The Bertz CT molecular complexity index is 994. The van der Waals surface area contributed by atoms with Gasteiger partial charge >= 0.3 is 0 Å². The van der Waals surface area contributed by atoms with Gasteiger partial charge in [0.05, 0.1) is 25.1 Å². The minimum absolute atomic E-state index is 0.109. The molecule has 0 radical (unpaired) electrons. The second kappa shape index (κ2) is 8.17. The van der Waals surface area contributed by atoms with E-state index in [0.29, 0.717) is 16.5 Å². The molecule has 9 heteroatoms. The molecule has 4 rings (SSSR count). The van der Waals surface area contributed by atoms with Gasteiger partial charge in [-0.25, -0.2) is 4.98 Å². The Morgan fingerprint density at radius 2 is 1.86 bits per heavy atom. The fraction of sp³-hybridized carbons (Fsp3) is 0.500. The second-order valence-corrected chi connectivity index (χ2v) is 8.23. The average Bonchev–Trinajstić information content (AvgIpc) is 3.28. The van der Waals surface area contributed by atoms with Gasteiger partial charge in [0.25, 0.3) is 0 Å². The van der Waals surface area contributed by atoms with Crippen LogP contribution in [-0.4, -0.2) is 77.0 Å². The highest BCUT2D eigenvalue weighted by Gasteiger charge is 2.31. The van der Waals surface area contributed by atoms with Crippen LogP contribution in [0.4, 0.5) is 0 Å². The van der Waals surface area contributed by atoms with Gasteiger partial charge in [-0.1, -0.05) is 24.3 Å². The quantitative estimate of drug-likeness (QED) is 0.660. The molecule has 3 aromatic rings. The third-order valence-corrected chi connectivity index (χ3v) is 6.51. The molecule has 8 nitrogen and oxygen atoms in total. The van der Waals surface area contributed by atoms with Crippen LogP contribution in [0, 0.1) is 0 Å². The van der Waals surface area contributed by atoms with Crippen LogP contribution in [0.1, 0.15) is 29.2 Å². The zero-order valence-electron chi connectivity index (χ0n) is 17.3. The number of hydrogen-bond acceptors (Lipinski definition) is 8. The fourth-order valence-corrected chi connectivity index (χ4v) is 4.89. The molecular formula is C20H27N5O3S. The summed E-state index contributed by atoms with van der Waals surface area (Å²) in [6.07, 6.45) is 0.737. The smallest absolute Gasteiger partial charge is 0.230 e. The Labute approximate surface area is 174 Å². The maximum Gasteiger partial charge on any atom is 0.230 e. The van der Waals surface area contributed by atoms with Gasteiger partial charge in [0, 0.05) is 32.6 Å². The molecule has 0 spiro atoms. The minimum Gasteiger partial charge on any atom is -0.493 e. The van der Waals surface area contributed by atoms with Crippen molar-refractivity contribution in [1.82, 2.24) is 24.4 Å². The number of piperazine rings is 1. The highest BCUT2D eigenvalue weighted by atomic mass is 32.1. The number of ether oxygens (including phenoxy) is 2. The first-order chi connectivity index (χ1) is 14.0. The Kier molecular flexibility index (Phi) is 5.62. The first-order valence-corrected chi connectivity index (χ1v) is 10.6. The van der Waals surface area contributed by atoms with Crippen molar-refractivity contribution >= 4 is 16.3 Å². The Morgan fingerprint density at radius 1 is 1.14 bits per heavy atom. The SMILES string of the molecule is CCc1nc2sc([C@H](c3ccc(OC)c(OC)c3)N3CCN(C)CC3)c(O)n2n1. The fourth-order valence-electron chi connectivity index (χ4n) is 3.75. The van der Waals surface area contributed by atoms with Gasteiger partial charge in [-0.05, 0) is 24.7 Å². The predicted molar refractivity (Wildman–Crippen MR) is 112 cm³/mol. The van der Waals surface area contributed by atoms with E-state index in [-0.39, 0.29) is 11.9 Å². The molecule has 0 unspecified atom stereocenters. The lowest BCUT2D eigenvalue weighted by Gasteiger charge is -2.37. The van der Waals surface area contributed by atoms with Crippen LogP contribution in [0.15, 0.2) is 18.2 Å². The van der Waals surface area contributed by atoms with E-state index in [2.05, 4.69) is 26.9 Å². The number of methoxy groups -OCH3 is 2. The van der Waals surface area contributed by atoms with E-state index in [0.717, 1.165) is 48.9 Å². The molecule has 0 saturated carbocycles. The van der Waals surface area contributed by atoms with E-state index in [4.69, 9.17) is 9.47 Å². The molecule has 2 aromatic heterocycles. The van der Waals surface area contributed by atoms with Crippen molar-refractivity contribution in [2.24, 2.45) is 0 Å². The highest BCUT2D eigenvalue weighted by molar-refractivity contribution is 7.17. The predicted octanol–water partition coefficient (Wildman–Crippen LogP) is 2.41. The van der Waals surface area contributed by atoms with Gasteiger partial charge in [0.1, 0.15) is 0 Å². The highest BCUT2D eigenvalue weighted by Crippen LogP contribution is 2.42. The van der Waals surface area contributed by atoms with E-state index in [1.54, 1.807) is 18.7 Å². The molecule has 1 saturated heterocycles. The number of hydrogen-bond donors (Lipinski definition) is 1. The second-order valence-electron chi connectivity index (χ2n) is 7.22. The van der Waals surface area contributed by atoms with E-state index in [9.17, 15) is 5.11 Å². The minimum atomic E-state index is -0.109. The van der Waals surface area contributed by atoms with E-state index < -0.39 is 0 Å². The first kappa shape index (κ1) is 19.9. The molecule has 1 N–H and O–H groups in total. The normalized spacial score (nSPS) is 17.0. The summed E-state index contributed by atoms with van der Waals surface area (Å²) in [7, 11) is 5.40. The molecule has 1 atom stereocenters. The van der Waals surface area contributed by atoms with Crippen LogP contribution in [0.25, 0.3) is 4.96 Å². The van der Waals surface area contributed by atoms with Crippen LogP contribution in [-0.2, 0) is 6.42 Å². The first-order valence-electron chi connectivity index (χ1n) is 9.77. The van der Waals surface area contributed by atoms with Crippen LogP contribution in [0.3, 0.4) is 0 Å². The summed E-state index contributed by atoms with van der Waals surface area (Å²) in [6.45, 7) is 5.77. The van der Waals surface area contributed by atoms with Crippen molar-refractivity contribution in [1.29, 1.82) is 0 Å². The van der Waals surface area contributed by atoms with Gasteiger partial charge in [-0.3, -0.25) is 4.90 Å². The number of nitrogens with zero attached hydrogens (tertiary/aromatic N) is 5. The van der Waals surface area contributed by atoms with Gasteiger partial charge in [0.15, 0.2) is 17.3 Å². The molecule has 29 heavy (non-hydrogen) atoms. The number of thiazole rings is 1. The van der Waals surface area contributed by atoms with Gasteiger partial charge in [-0.15, -0.1) is 5.10 Å². The molecule has 1 fully saturated rings. The number of aromatic nitrogens is 3. The summed E-state index contributed by atoms with van der Waals surface area (Å²) >= 11 is 1.49. The van der Waals surface area contributed by atoms with Gasteiger partial charge in [-0.2, -0.15) is 4.52 Å². The summed E-state index contributed by atoms with van der Waals surface area (Å²) in [4.78, 5) is 10.8. The molecule has 0 aliphatic carbocycles. The third kappa shape index (κ3) is 3.65. The summed E-state index contributed by atoms with van der Waals surface area (Å²) in [5.74, 6) is 2.26. The molecule has 1 aliphatic heterocycles. The van der Waals surface area contributed by atoms with E-state index in [1.165, 1.54) is 11.3 Å². The molecule has 0 bridgehead atoms. The van der Waals surface area contributed by atoms with Crippen molar-refractivity contribution < 1.29 is 14.6 Å². The van der Waals surface area contributed by atoms with Crippen molar-refractivity contribution in [3.63, 3.8) is 0 Å². The number of aromatic hydroxyl groups is 1. The zero-order chi connectivity index (χ0) is 20.5. The molecular weight excluding hydrogens is 390 g/mol. The van der Waals surface area contributed by atoms with E-state index >= 15 is 0 Å². The summed E-state index contributed by atoms with van der Waals surface area (Å²) in [5.41, 5.74) is 1.04. The molecule has 3 heterocycles. The number of benzene rings is 1. The van der Waals surface area contributed by atoms with Crippen molar-refractivity contribution in [3.8, 4) is 17.4 Å². The molecule has 156 valence electrons. The Balaban J connectivity index is 1.81. The maximum absolute atomic E-state index is 11.0. The van der Waals surface area contributed by atoms with Gasteiger partial charge < -0.3 is 19.5 Å². The van der Waals surface area contributed by atoms with Crippen molar-refractivity contribution in [2.75, 3.05) is 47.4 Å². The maximum atomic E-state index is 11.0. The molecule has 0 amide bonds. The van der Waals surface area contributed by atoms with Gasteiger partial charge in [0.2, 0.25) is 10.8 Å². The van der Waals surface area contributed by atoms with Crippen LogP contribution < -0.4 is 9.47 Å². The Hall–Kier alpha value is -2.36. The van der Waals surface area contributed by atoms with Crippen molar-refractivity contribution in [2.45, 2.75) is 19.4 Å². The lowest BCUT2D eigenvalue weighted by atomic mass is 10.0. The van der Waals surface area contributed by atoms with Crippen LogP contribution in [0.2, 0.25) is 0 Å². The zero-order valence-corrected chi connectivity index (χ0v) is 18.1. The topological polar surface area (TPSA) is 75.4 Å². The third-order valence-electron chi connectivity index (χ3n) is 5.43.